The van der Waals surface area contributed by atoms with Gasteiger partial charge in [0.15, 0.2) is 0 Å². The molecule has 0 spiro atoms. The lowest BCUT2D eigenvalue weighted by Gasteiger charge is -2.35. The summed E-state index contributed by atoms with van der Waals surface area (Å²) < 4.78 is 0. The normalized spacial score (nSPS) is 25.5. The largest absolute Gasteiger partial charge is 0.323 e. The average molecular weight is 315 g/mol. The van der Waals surface area contributed by atoms with Crippen molar-refractivity contribution in [3.05, 3.63) is 24.3 Å². The molecule has 3 atom stereocenters. The molecule has 2 aliphatic rings. The van der Waals surface area contributed by atoms with E-state index in [2.05, 4.69) is 17.6 Å². The van der Waals surface area contributed by atoms with E-state index in [1.54, 1.807) is 4.90 Å². The molecule has 124 valence electrons. The van der Waals surface area contributed by atoms with Crippen molar-refractivity contribution in [2.45, 2.75) is 51.6 Å². The molecule has 2 amide bonds. The number of fused-ring (bicyclic) bond motifs is 1. The summed E-state index contributed by atoms with van der Waals surface area (Å²) in [6.45, 7) is 4.23. The molecule has 0 unspecified atom stereocenters. The molecule has 23 heavy (non-hydrogen) atoms. The number of carbonyl (C=O) groups excluding carboxylic acids is 2. The van der Waals surface area contributed by atoms with E-state index in [1.807, 2.05) is 31.2 Å². The Bertz CT molecular complexity index is 602. The van der Waals surface area contributed by atoms with E-state index < -0.39 is 0 Å². The van der Waals surface area contributed by atoms with Gasteiger partial charge in [0.25, 0.3) is 0 Å². The standard InChI is InChI=1S/C18H25N3O2/c1-12-7-3-4-8-14(12)19-13(2)18(23)21-11-17(22)20-15-9-5-6-10-16(15)21/h5-6,9-10,12-14,19H,3-4,7-8,11H2,1-2H3,(H,20,22)/t12-,13+,14+/m1/s1. The van der Waals surface area contributed by atoms with Crippen LogP contribution in [-0.2, 0) is 9.59 Å². The van der Waals surface area contributed by atoms with Gasteiger partial charge in [0.1, 0.15) is 6.54 Å². The summed E-state index contributed by atoms with van der Waals surface area (Å²) in [7, 11) is 0. The number of para-hydroxylation sites is 2. The topological polar surface area (TPSA) is 61.4 Å². The molecular weight excluding hydrogens is 290 g/mol. The van der Waals surface area contributed by atoms with Crippen molar-refractivity contribution in [3.8, 4) is 0 Å². The van der Waals surface area contributed by atoms with Gasteiger partial charge in [-0.15, -0.1) is 0 Å². The highest BCUT2D eigenvalue weighted by Crippen LogP contribution is 2.30. The van der Waals surface area contributed by atoms with E-state index in [4.69, 9.17) is 0 Å². The van der Waals surface area contributed by atoms with Gasteiger partial charge in [-0.3, -0.25) is 14.5 Å². The van der Waals surface area contributed by atoms with Gasteiger partial charge in [0, 0.05) is 6.04 Å². The SMILES string of the molecule is C[C@H](N[C@H]1CCCC[C@H]1C)C(=O)N1CC(=O)Nc2ccccc21. The van der Waals surface area contributed by atoms with E-state index in [9.17, 15) is 9.59 Å². The maximum absolute atomic E-state index is 12.9. The second kappa shape index (κ2) is 6.71. The van der Waals surface area contributed by atoms with Crippen LogP contribution in [0.5, 0.6) is 0 Å². The summed E-state index contributed by atoms with van der Waals surface area (Å²) in [5, 5.41) is 6.31. The van der Waals surface area contributed by atoms with Crippen molar-refractivity contribution in [2.24, 2.45) is 5.92 Å². The third kappa shape index (κ3) is 3.39. The van der Waals surface area contributed by atoms with Crippen LogP contribution in [0.4, 0.5) is 11.4 Å². The summed E-state index contributed by atoms with van der Waals surface area (Å²) in [5.74, 6) is 0.413. The lowest BCUT2D eigenvalue weighted by atomic mass is 9.85. The molecule has 0 aromatic heterocycles. The number of carbonyl (C=O) groups is 2. The van der Waals surface area contributed by atoms with Crippen LogP contribution in [0, 0.1) is 5.92 Å². The maximum atomic E-state index is 12.9. The molecule has 5 heteroatoms. The molecule has 1 fully saturated rings. The van der Waals surface area contributed by atoms with E-state index in [-0.39, 0.29) is 24.4 Å². The summed E-state index contributed by atoms with van der Waals surface area (Å²) in [5.41, 5.74) is 1.48. The Hall–Kier alpha value is -1.88. The van der Waals surface area contributed by atoms with Crippen molar-refractivity contribution in [3.63, 3.8) is 0 Å². The Morgan fingerprint density at radius 2 is 2.04 bits per heavy atom. The predicted octanol–water partition coefficient (Wildman–Crippen LogP) is 2.53. The van der Waals surface area contributed by atoms with Gasteiger partial charge in [-0.05, 0) is 37.8 Å². The smallest absolute Gasteiger partial charge is 0.244 e. The Kier molecular flexibility index (Phi) is 4.66. The summed E-state index contributed by atoms with van der Waals surface area (Å²) in [6, 6.07) is 7.54. The molecule has 1 aromatic rings. The van der Waals surface area contributed by atoms with Crippen LogP contribution in [0.25, 0.3) is 0 Å². The first-order chi connectivity index (χ1) is 11.1. The zero-order chi connectivity index (χ0) is 16.4. The highest BCUT2D eigenvalue weighted by Gasteiger charge is 2.31. The number of anilines is 2. The van der Waals surface area contributed by atoms with E-state index in [0.29, 0.717) is 17.6 Å². The summed E-state index contributed by atoms with van der Waals surface area (Å²) in [4.78, 5) is 26.3. The number of hydrogen-bond donors (Lipinski definition) is 2. The Morgan fingerprint density at radius 1 is 1.30 bits per heavy atom. The highest BCUT2D eigenvalue weighted by molar-refractivity contribution is 6.11. The Labute approximate surface area is 137 Å². The first-order valence-corrected chi connectivity index (χ1v) is 8.52. The van der Waals surface area contributed by atoms with E-state index >= 15 is 0 Å². The fraction of sp³-hybridized carbons (Fsp3) is 0.556. The molecule has 3 rings (SSSR count). The third-order valence-electron chi connectivity index (χ3n) is 4.98. The number of benzene rings is 1. The molecule has 2 N–H and O–H groups in total. The fourth-order valence-electron chi connectivity index (χ4n) is 3.62. The third-order valence-corrected chi connectivity index (χ3v) is 4.98. The molecule has 0 saturated heterocycles. The molecule has 0 bridgehead atoms. The first-order valence-electron chi connectivity index (χ1n) is 8.52. The summed E-state index contributed by atoms with van der Waals surface area (Å²) >= 11 is 0. The number of amides is 2. The van der Waals surface area contributed by atoms with Crippen LogP contribution in [-0.4, -0.2) is 30.4 Å². The molecule has 1 aliphatic carbocycles. The molecule has 5 nitrogen and oxygen atoms in total. The minimum absolute atomic E-state index is 0.0370. The predicted molar refractivity (Wildman–Crippen MR) is 91.4 cm³/mol. The van der Waals surface area contributed by atoms with Crippen LogP contribution in [0.15, 0.2) is 24.3 Å². The Morgan fingerprint density at radius 3 is 2.83 bits per heavy atom. The molecule has 1 saturated carbocycles. The minimum Gasteiger partial charge on any atom is -0.323 e. The lowest BCUT2D eigenvalue weighted by molar-refractivity contribution is -0.123. The van der Waals surface area contributed by atoms with Crippen molar-refractivity contribution in [1.82, 2.24) is 5.32 Å². The van der Waals surface area contributed by atoms with Gasteiger partial charge in [0.2, 0.25) is 11.8 Å². The lowest BCUT2D eigenvalue weighted by Crippen LogP contribution is -2.53. The van der Waals surface area contributed by atoms with Gasteiger partial charge >= 0.3 is 0 Å². The van der Waals surface area contributed by atoms with Gasteiger partial charge < -0.3 is 10.6 Å². The highest BCUT2D eigenvalue weighted by atomic mass is 16.2. The second-order valence-electron chi connectivity index (χ2n) is 6.75. The molecule has 1 aliphatic heterocycles. The van der Waals surface area contributed by atoms with Crippen molar-refractivity contribution >= 4 is 23.2 Å². The van der Waals surface area contributed by atoms with E-state index in [1.165, 1.54) is 19.3 Å². The number of nitrogens with one attached hydrogen (secondary N) is 2. The van der Waals surface area contributed by atoms with Crippen LogP contribution < -0.4 is 15.5 Å². The van der Waals surface area contributed by atoms with Crippen LogP contribution >= 0.6 is 0 Å². The minimum atomic E-state index is -0.292. The molecule has 0 radical (unpaired) electrons. The monoisotopic (exact) mass is 315 g/mol. The summed E-state index contributed by atoms with van der Waals surface area (Å²) in [6.07, 6.45) is 4.84. The Balaban J connectivity index is 1.73. The van der Waals surface area contributed by atoms with Crippen molar-refractivity contribution in [2.75, 3.05) is 16.8 Å². The van der Waals surface area contributed by atoms with Gasteiger partial charge in [0.05, 0.1) is 17.4 Å². The number of hydrogen-bond acceptors (Lipinski definition) is 3. The van der Waals surface area contributed by atoms with Crippen LogP contribution in [0.3, 0.4) is 0 Å². The fourth-order valence-corrected chi connectivity index (χ4v) is 3.62. The number of rotatable bonds is 3. The zero-order valence-corrected chi connectivity index (χ0v) is 13.8. The van der Waals surface area contributed by atoms with Gasteiger partial charge in [-0.2, -0.15) is 0 Å². The average Bonchev–Trinajstić information content (AvgIpc) is 2.55. The molecule has 1 heterocycles. The zero-order valence-electron chi connectivity index (χ0n) is 13.8. The maximum Gasteiger partial charge on any atom is 0.244 e. The van der Waals surface area contributed by atoms with Gasteiger partial charge in [-0.25, -0.2) is 0 Å². The second-order valence-corrected chi connectivity index (χ2v) is 6.75. The quantitative estimate of drug-likeness (QED) is 0.901. The van der Waals surface area contributed by atoms with Gasteiger partial charge in [-0.1, -0.05) is 31.9 Å². The van der Waals surface area contributed by atoms with Crippen molar-refractivity contribution in [1.29, 1.82) is 0 Å². The molecular formula is C18H25N3O2. The van der Waals surface area contributed by atoms with E-state index in [0.717, 1.165) is 12.1 Å². The first kappa shape index (κ1) is 16.0. The van der Waals surface area contributed by atoms with Crippen LogP contribution in [0.1, 0.15) is 39.5 Å². The molecule has 1 aromatic carbocycles. The number of nitrogens with zero attached hydrogens (tertiary/aromatic N) is 1. The van der Waals surface area contributed by atoms with Crippen LogP contribution in [0.2, 0.25) is 0 Å². The van der Waals surface area contributed by atoms with Crippen molar-refractivity contribution < 1.29 is 9.59 Å².